The normalized spacial score (nSPS) is 10.2. The van der Waals surface area contributed by atoms with Gasteiger partial charge in [-0.3, -0.25) is 4.79 Å². The summed E-state index contributed by atoms with van der Waals surface area (Å²) < 4.78 is 5.13. The zero-order chi connectivity index (χ0) is 12.5. The standard InChI is InChI=1S/C13H19NO3/c1-17-12-6-4-5-11(9-12)10-14-8-3-2-7-13(15)16/h4-6,9,14H,2-3,7-8,10H2,1H3,(H,15,16). The van der Waals surface area contributed by atoms with E-state index in [1.807, 2.05) is 24.3 Å². The van der Waals surface area contributed by atoms with Crippen molar-refractivity contribution in [3.05, 3.63) is 29.8 Å². The van der Waals surface area contributed by atoms with E-state index in [-0.39, 0.29) is 6.42 Å². The third-order valence-corrected chi connectivity index (χ3v) is 2.46. The number of benzene rings is 1. The van der Waals surface area contributed by atoms with Crippen molar-refractivity contribution < 1.29 is 14.6 Å². The summed E-state index contributed by atoms with van der Waals surface area (Å²) in [6.07, 6.45) is 1.86. The number of rotatable bonds is 8. The van der Waals surface area contributed by atoms with Crippen LogP contribution in [0.25, 0.3) is 0 Å². The van der Waals surface area contributed by atoms with Crippen LogP contribution in [0.2, 0.25) is 0 Å². The van der Waals surface area contributed by atoms with E-state index < -0.39 is 5.97 Å². The van der Waals surface area contributed by atoms with Gasteiger partial charge in [-0.1, -0.05) is 12.1 Å². The van der Waals surface area contributed by atoms with Gasteiger partial charge in [0, 0.05) is 13.0 Å². The first-order valence-electron chi connectivity index (χ1n) is 5.78. The van der Waals surface area contributed by atoms with Crippen molar-refractivity contribution >= 4 is 5.97 Å². The molecule has 0 aliphatic rings. The third kappa shape index (κ3) is 5.92. The molecule has 17 heavy (non-hydrogen) atoms. The first kappa shape index (κ1) is 13.5. The highest BCUT2D eigenvalue weighted by atomic mass is 16.5. The fourth-order valence-electron chi connectivity index (χ4n) is 1.54. The van der Waals surface area contributed by atoms with Crippen molar-refractivity contribution in [2.24, 2.45) is 0 Å². The Morgan fingerprint density at radius 2 is 2.24 bits per heavy atom. The van der Waals surface area contributed by atoms with Crippen LogP contribution in [0.1, 0.15) is 24.8 Å². The van der Waals surface area contributed by atoms with Gasteiger partial charge in [0.15, 0.2) is 0 Å². The van der Waals surface area contributed by atoms with Crippen molar-refractivity contribution in [3.8, 4) is 5.75 Å². The molecule has 1 aromatic rings. The first-order valence-corrected chi connectivity index (χ1v) is 5.78. The minimum Gasteiger partial charge on any atom is -0.497 e. The molecule has 0 aromatic heterocycles. The largest absolute Gasteiger partial charge is 0.497 e. The number of carbonyl (C=O) groups is 1. The Balaban J connectivity index is 2.15. The highest BCUT2D eigenvalue weighted by molar-refractivity contribution is 5.66. The molecule has 0 radical (unpaired) electrons. The molecular formula is C13H19NO3. The van der Waals surface area contributed by atoms with Crippen LogP contribution in [0.3, 0.4) is 0 Å². The fourth-order valence-corrected chi connectivity index (χ4v) is 1.54. The second kappa shape index (κ2) is 7.68. The van der Waals surface area contributed by atoms with Gasteiger partial charge in [-0.15, -0.1) is 0 Å². The van der Waals surface area contributed by atoms with Gasteiger partial charge in [0.25, 0.3) is 0 Å². The quantitative estimate of drug-likeness (QED) is 0.679. The monoisotopic (exact) mass is 237 g/mol. The number of hydrogen-bond donors (Lipinski definition) is 2. The summed E-state index contributed by atoms with van der Waals surface area (Å²) >= 11 is 0. The zero-order valence-corrected chi connectivity index (χ0v) is 10.1. The van der Waals surface area contributed by atoms with E-state index in [1.165, 1.54) is 5.56 Å². The van der Waals surface area contributed by atoms with Crippen LogP contribution >= 0.6 is 0 Å². The highest BCUT2D eigenvalue weighted by Crippen LogP contribution is 2.12. The van der Waals surface area contributed by atoms with Crippen molar-refractivity contribution in [1.82, 2.24) is 5.32 Å². The molecule has 1 aromatic carbocycles. The number of carboxylic acid groups (broad SMARTS) is 1. The second-order valence-electron chi connectivity index (χ2n) is 3.88. The summed E-state index contributed by atoms with van der Waals surface area (Å²) in [6, 6.07) is 7.90. The molecule has 0 bridgehead atoms. The maximum absolute atomic E-state index is 10.3. The number of nitrogens with one attached hydrogen (secondary N) is 1. The minimum absolute atomic E-state index is 0.251. The molecule has 0 atom stereocenters. The Bertz CT molecular complexity index is 352. The van der Waals surface area contributed by atoms with Gasteiger partial charge in [-0.25, -0.2) is 0 Å². The molecule has 0 saturated carbocycles. The SMILES string of the molecule is COc1cccc(CNCCCCC(=O)O)c1. The van der Waals surface area contributed by atoms with Crippen LogP contribution in [0, 0.1) is 0 Å². The molecule has 0 heterocycles. The Morgan fingerprint density at radius 3 is 2.94 bits per heavy atom. The Labute approximate surface area is 102 Å². The first-order chi connectivity index (χ1) is 8.22. The van der Waals surface area contributed by atoms with Crippen LogP contribution in [0.15, 0.2) is 24.3 Å². The summed E-state index contributed by atoms with van der Waals surface area (Å²) in [4.78, 5) is 10.3. The minimum atomic E-state index is -0.724. The van der Waals surface area contributed by atoms with Crippen LogP contribution < -0.4 is 10.1 Å². The van der Waals surface area contributed by atoms with Crippen LogP contribution in [0.4, 0.5) is 0 Å². The number of carboxylic acids is 1. The van der Waals surface area contributed by atoms with E-state index >= 15 is 0 Å². The number of aliphatic carboxylic acids is 1. The zero-order valence-electron chi connectivity index (χ0n) is 10.1. The number of hydrogen-bond acceptors (Lipinski definition) is 3. The van der Waals surface area contributed by atoms with Gasteiger partial charge in [0.1, 0.15) is 5.75 Å². The van der Waals surface area contributed by atoms with Crippen molar-refractivity contribution in [3.63, 3.8) is 0 Å². The lowest BCUT2D eigenvalue weighted by Crippen LogP contribution is -2.15. The summed E-state index contributed by atoms with van der Waals surface area (Å²) in [5.74, 6) is 0.132. The van der Waals surface area contributed by atoms with Crippen molar-refractivity contribution in [2.75, 3.05) is 13.7 Å². The van der Waals surface area contributed by atoms with E-state index in [9.17, 15) is 4.79 Å². The van der Waals surface area contributed by atoms with E-state index in [1.54, 1.807) is 7.11 Å². The van der Waals surface area contributed by atoms with Crippen LogP contribution in [-0.4, -0.2) is 24.7 Å². The average molecular weight is 237 g/mol. The van der Waals surface area contributed by atoms with Crippen molar-refractivity contribution in [1.29, 1.82) is 0 Å². The maximum atomic E-state index is 10.3. The molecule has 0 saturated heterocycles. The molecule has 0 unspecified atom stereocenters. The topological polar surface area (TPSA) is 58.6 Å². The molecule has 4 nitrogen and oxygen atoms in total. The summed E-state index contributed by atoms with van der Waals surface area (Å²) in [5.41, 5.74) is 1.17. The highest BCUT2D eigenvalue weighted by Gasteiger charge is 1.97. The molecule has 0 aliphatic carbocycles. The number of unbranched alkanes of at least 4 members (excludes halogenated alkanes) is 1. The maximum Gasteiger partial charge on any atom is 0.303 e. The molecule has 0 fully saturated rings. The van der Waals surface area contributed by atoms with E-state index in [4.69, 9.17) is 9.84 Å². The molecule has 0 spiro atoms. The molecule has 0 aliphatic heterocycles. The van der Waals surface area contributed by atoms with Gasteiger partial charge in [-0.2, -0.15) is 0 Å². The molecule has 94 valence electrons. The Kier molecular flexibility index (Phi) is 6.10. The van der Waals surface area contributed by atoms with Gasteiger partial charge in [-0.05, 0) is 37.1 Å². The number of methoxy groups -OCH3 is 1. The lowest BCUT2D eigenvalue weighted by molar-refractivity contribution is -0.137. The average Bonchev–Trinajstić information content (AvgIpc) is 2.33. The predicted octanol–water partition coefficient (Wildman–Crippen LogP) is 2.04. The molecular weight excluding hydrogens is 218 g/mol. The van der Waals surface area contributed by atoms with Gasteiger partial charge in [0.05, 0.1) is 7.11 Å². The molecule has 0 amide bonds. The smallest absolute Gasteiger partial charge is 0.303 e. The van der Waals surface area contributed by atoms with Gasteiger partial charge in [0.2, 0.25) is 0 Å². The van der Waals surface area contributed by atoms with Gasteiger partial charge >= 0.3 is 5.97 Å². The molecule has 4 heteroatoms. The Morgan fingerprint density at radius 1 is 1.41 bits per heavy atom. The van der Waals surface area contributed by atoms with E-state index in [0.29, 0.717) is 0 Å². The Hall–Kier alpha value is -1.55. The summed E-state index contributed by atoms with van der Waals surface area (Å²) in [6.45, 7) is 1.62. The van der Waals surface area contributed by atoms with Crippen LogP contribution in [-0.2, 0) is 11.3 Å². The van der Waals surface area contributed by atoms with E-state index in [0.717, 1.165) is 31.7 Å². The van der Waals surface area contributed by atoms with Crippen LogP contribution in [0.5, 0.6) is 5.75 Å². The molecule has 1 rings (SSSR count). The lowest BCUT2D eigenvalue weighted by Gasteiger charge is -2.06. The van der Waals surface area contributed by atoms with E-state index in [2.05, 4.69) is 5.32 Å². The summed E-state index contributed by atoms with van der Waals surface area (Å²) in [5, 5.41) is 11.7. The predicted molar refractivity (Wildman–Crippen MR) is 66.2 cm³/mol. The second-order valence-corrected chi connectivity index (χ2v) is 3.88. The van der Waals surface area contributed by atoms with Crippen molar-refractivity contribution in [2.45, 2.75) is 25.8 Å². The lowest BCUT2D eigenvalue weighted by atomic mass is 10.2. The third-order valence-electron chi connectivity index (χ3n) is 2.46. The molecule has 2 N–H and O–H groups in total. The fraction of sp³-hybridized carbons (Fsp3) is 0.462. The number of ether oxygens (including phenoxy) is 1. The van der Waals surface area contributed by atoms with Gasteiger partial charge < -0.3 is 15.2 Å². The summed E-state index contributed by atoms with van der Waals surface area (Å²) in [7, 11) is 1.65.